The summed E-state index contributed by atoms with van der Waals surface area (Å²) in [5.41, 5.74) is 0.757. The van der Waals surface area contributed by atoms with E-state index in [1.165, 1.54) is 29.1 Å². The first-order valence-electron chi connectivity index (χ1n) is 9.01. The number of amides is 1. The van der Waals surface area contributed by atoms with Crippen LogP contribution in [0.5, 0.6) is 0 Å². The number of benzene rings is 1. The van der Waals surface area contributed by atoms with E-state index in [4.69, 9.17) is 11.6 Å². The minimum Gasteiger partial charge on any atom is -0.321 e. The van der Waals surface area contributed by atoms with Crippen LogP contribution < -0.4 is 5.32 Å². The summed E-state index contributed by atoms with van der Waals surface area (Å²) >= 11 is 5.92. The Labute approximate surface area is 173 Å². The molecule has 2 aromatic heterocycles. The maximum absolute atomic E-state index is 12.6. The highest BCUT2D eigenvalue weighted by Crippen LogP contribution is 2.21. The van der Waals surface area contributed by atoms with Crippen LogP contribution in [0.1, 0.15) is 23.3 Å². The van der Waals surface area contributed by atoms with E-state index in [0.29, 0.717) is 29.6 Å². The lowest BCUT2D eigenvalue weighted by Crippen LogP contribution is -2.27. The lowest BCUT2D eigenvalue weighted by Gasteiger charge is -2.15. The number of anilines is 1. The van der Waals surface area contributed by atoms with Gasteiger partial charge in [0.25, 0.3) is 5.91 Å². The van der Waals surface area contributed by atoms with Gasteiger partial charge < -0.3 is 5.32 Å². The van der Waals surface area contributed by atoms with Gasteiger partial charge in [0.05, 0.1) is 0 Å². The van der Waals surface area contributed by atoms with E-state index in [1.807, 2.05) is 0 Å². The molecule has 1 N–H and O–H groups in total. The summed E-state index contributed by atoms with van der Waals surface area (Å²) in [6.45, 7) is 1.08. The van der Waals surface area contributed by atoms with Crippen LogP contribution in [0.25, 0.3) is 5.82 Å². The van der Waals surface area contributed by atoms with Crippen molar-refractivity contribution in [1.29, 1.82) is 0 Å². The standard InChI is InChI=1S/C19H18ClN5O3S/c20-14-4-3-5-15(10-14)23-19(26)17-12-24(13-22-17)18-7-6-16(11-21-18)29(27,28)25-8-1-2-9-25/h3-7,10-13H,1-2,8-9H2,(H,23,26). The summed E-state index contributed by atoms with van der Waals surface area (Å²) in [6, 6.07) is 9.91. The average Bonchev–Trinajstić information content (AvgIpc) is 3.41. The van der Waals surface area contributed by atoms with Gasteiger partial charge in [0, 0.05) is 36.2 Å². The smallest absolute Gasteiger partial charge is 0.275 e. The van der Waals surface area contributed by atoms with Gasteiger partial charge >= 0.3 is 0 Å². The Morgan fingerprint density at radius 2 is 1.90 bits per heavy atom. The largest absolute Gasteiger partial charge is 0.321 e. The summed E-state index contributed by atoms with van der Waals surface area (Å²) in [6.07, 6.45) is 6.05. The Bertz CT molecular complexity index is 1140. The van der Waals surface area contributed by atoms with E-state index >= 15 is 0 Å². The minimum atomic E-state index is -3.51. The molecular formula is C19H18ClN5O3S. The number of hydrogen-bond donors (Lipinski definition) is 1. The van der Waals surface area contributed by atoms with Crippen molar-refractivity contribution in [2.24, 2.45) is 0 Å². The Morgan fingerprint density at radius 1 is 1.10 bits per heavy atom. The van der Waals surface area contributed by atoms with Crippen molar-refractivity contribution in [1.82, 2.24) is 18.8 Å². The number of hydrogen-bond acceptors (Lipinski definition) is 5. The molecule has 0 unspecified atom stereocenters. The number of aromatic nitrogens is 3. The molecule has 150 valence electrons. The van der Waals surface area contributed by atoms with E-state index in [9.17, 15) is 13.2 Å². The monoisotopic (exact) mass is 431 g/mol. The number of sulfonamides is 1. The van der Waals surface area contributed by atoms with Gasteiger partial charge in [-0.25, -0.2) is 18.4 Å². The molecule has 4 rings (SSSR count). The molecule has 1 aliphatic rings. The Morgan fingerprint density at radius 3 is 2.59 bits per heavy atom. The van der Waals surface area contributed by atoms with Crippen LogP contribution in [0, 0.1) is 0 Å². The summed E-state index contributed by atoms with van der Waals surface area (Å²) in [7, 11) is -3.51. The highest BCUT2D eigenvalue weighted by atomic mass is 35.5. The number of halogens is 1. The molecule has 1 saturated heterocycles. The van der Waals surface area contributed by atoms with E-state index in [2.05, 4.69) is 15.3 Å². The number of pyridine rings is 1. The van der Waals surface area contributed by atoms with Crippen molar-refractivity contribution in [3.63, 3.8) is 0 Å². The Balaban J connectivity index is 1.50. The SMILES string of the molecule is O=C(Nc1cccc(Cl)c1)c1cn(-c2ccc(S(=O)(=O)N3CCCC3)cn2)cn1. The second kappa shape index (κ2) is 7.94. The lowest BCUT2D eigenvalue weighted by atomic mass is 10.3. The first-order valence-corrected chi connectivity index (χ1v) is 10.8. The molecular weight excluding hydrogens is 414 g/mol. The van der Waals surface area contributed by atoms with Crippen molar-refractivity contribution in [3.8, 4) is 5.82 Å². The summed E-state index contributed by atoms with van der Waals surface area (Å²) in [5.74, 6) is 0.0684. The summed E-state index contributed by atoms with van der Waals surface area (Å²) < 4.78 is 28.2. The molecule has 29 heavy (non-hydrogen) atoms. The van der Waals surface area contributed by atoms with Gasteiger partial charge in [-0.05, 0) is 43.2 Å². The second-order valence-corrected chi connectivity index (χ2v) is 8.97. The number of rotatable bonds is 5. The third-order valence-electron chi connectivity index (χ3n) is 4.59. The molecule has 1 fully saturated rings. The number of carbonyl (C=O) groups excluding carboxylic acids is 1. The molecule has 8 nitrogen and oxygen atoms in total. The van der Waals surface area contributed by atoms with E-state index < -0.39 is 10.0 Å². The zero-order chi connectivity index (χ0) is 20.4. The van der Waals surface area contributed by atoms with Crippen LogP contribution in [0.2, 0.25) is 5.02 Å². The van der Waals surface area contributed by atoms with Gasteiger partial charge in [0.1, 0.15) is 22.7 Å². The predicted molar refractivity (Wildman–Crippen MR) is 109 cm³/mol. The van der Waals surface area contributed by atoms with Crippen molar-refractivity contribution in [2.75, 3.05) is 18.4 Å². The molecule has 0 aliphatic carbocycles. The number of carbonyl (C=O) groups is 1. The fourth-order valence-corrected chi connectivity index (χ4v) is 4.74. The highest BCUT2D eigenvalue weighted by Gasteiger charge is 2.27. The van der Waals surface area contributed by atoms with Crippen LogP contribution >= 0.6 is 11.6 Å². The van der Waals surface area contributed by atoms with E-state index in [-0.39, 0.29) is 16.5 Å². The molecule has 3 heterocycles. The molecule has 1 amide bonds. The van der Waals surface area contributed by atoms with Gasteiger partial charge in [0.15, 0.2) is 0 Å². The quantitative estimate of drug-likeness (QED) is 0.669. The fourth-order valence-electron chi connectivity index (χ4n) is 3.08. The van der Waals surface area contributed by atoms with E-state index in [1.54, 1.807) is 34.9 Å². The van der Waals surface area contributed by atoms with Crippen molar-refractivity contribution < 1.29 is 13.2 Å². The number of nitrogens with one attached hydrogen (secondary N) is 1. The van der Waals surface area contributed by atoms with Crippen LogP contribution in [0.4, 0.5) is 5.69 Å². The predicted octanol–water partition coefficient (Wildman–Crippen LogP) is 2.96. The summed E-state index contributed by atoms with van der Waals surface area (Å²) in [5, 5.41) is 3.23. The maximum atomic E-state index is 12.6. The number of nitrogens with zero attached hydrogens (tertiary/aromatic N) is 4. The van der Waals surface area contributed by atoms with Crippen LogP contribution in [0.3, 0.4) is 0 Å². The molecule has 1 aromatic carbocycles. The van der Waals surface area contributed by atoms with Gasteiger partial charge in [-0.3, -0.25) is 9.36 Å². The first-order chi connectivity index (χ1) is 13.9. The molecule has 0 radical (unpaired) electrons. The molecule has 10 heteroatoms. The average molecular weight is 432 g/mol. The van der Waals surface area contributed by atoms with Crippen molar-refractivity contribution >= 4 is 33.2 Å². The Kier molecular flexibility index (Phi) is 5.35. The highest BCUT2D eigenvalue weighted by molar-refractivity contribution is 7.89. The second-order valence-electron chi connectivity index (χ2n) is 6.59. The zero-order valence-corrected chi connectivity index (χ0v) is 16.9. The third-order valence-corrected chi connectivity index (χ3v) is 6.70. The van der Waals surface area contributed by atoms with Gasteiger partial charge in [0.2, 0.25) is 10.0 Å². The molecule has 0 atom stereocenters. The molecule has 1 aliphatic heterocycles. The van der Waals surface area contributed by atoms with Crippen LogP contribution in [-0.4, -0.2) is 46.3 Å². The molecule has 0 saturated carbocycles. The fraction of sp³-hybridized carbons (Fsp3) is 0.211. The van der Waals surface area contributed by atoms with Gasteiger partial charge in [-0.15, -0.1) is 0 Å². The minimum absolute atomic E-state index is 0.155. The van der Waals surface area contributed by atoms with Crippen molar-refractivity contribution in [3.05, 3.63) is 65.8 Å². The summed E-state index contributed by atoms with van der Waals surface area (Å²) in [4.78, 5) is 20.8. The topological polar surface area (TPSA) is 97.2 Å². The third kappa shape index (κ3) is 4.16. The lowest BCUT2D eigenvalue weighted by molar-refractivity contribution is 0.102. The zero-order valence-electron chi connectivity index (χ0n) is 15.3. The normalized spacial score (nSPS) is 14.8. The first kappa shape index (κ1) is 19.6. The Hall–Kier alpha value is -2.75. The van der Waals surface area contributed by atoms with Gasteiger partial charge in [-0.2, -0.15) is 4.31 Å². The number of imidazole rings is 1. The maximum Gasteiger partial charge on any atom is 0.275 e. The van der Waals surface area contributed by atoms with E-state index in [0.717, 1.165) is 12.8 Å². The molecule has 3 aromatic rings. The van der Waals surface area contributed by atoms with Crippen LogP contribution in [-0.2, 0) is 10.0 Å². The molecule has 0 bridgehead atoms. The molecule has 0 spiro atoms. The van der Waals surface area contributed by atoms with Gasteiger partial charge in [-0.1, -0.05) is 17.7 Å². The van der Waals surface area contributed by atoms with Crippen molar-refractivity contribution in [2.45, 2.75) is 17.7 Å². The van der Waals surface area contributed by atoms with Crippen LogP contribution in [0.15, 0.2) is 60.0 Å².